The zero-order valence-corrected chi connectivity index (χ0v) is 16.5. The van der Waals surface area contributed by atoms with E-state index in [2.05, 4.69) is 10.2 Å². The van der Waals surface area contributed by atoms with E-state index in [1.807, 2.05) is 9.80 Å². The van der Waals surface area contributed by atoms with Gasteiger partial charge < -0.3 is 15.1 Å². The second-order valence-corrected chi connectivity index (χ2v) is 8.12. The molecule has 2 heterocycles. The van der Waals surface area contributed by atoms with Crippen LogP contribution in [0.5, 0.6) is 0 Å². The molecule has 7 heteroatoms. The first kappa shape index (κ1) is 20.1. The Morgan fingerprint density at radius 1 is 0.963 bits per heavy atom. The number of amides is 3. The number of rotatable bonds is 7. The predicted molar refractivity (Wildman–Crippen MR) is 103 cm³/mol. The third kappa shape index (κ3) is 5.92. The third-order valence-electron chi connectivity index (χ3n) is 6.10. The molecule has 1 saturated carbocycles. The highest BCUT2D eigenvalue weighted by Crippen LogP contribution is 2.25. The van der Waals surface area contributed by atoms with E-state index in [0.717, 1.165) is 65.0 Å². The molecule has 3 amide bonds. The molecular formula is C20H34N4O3. The highest BCUT2D eigenvalue weighted by Gasteiger charge is 2.28. The van der Waals surface area contributed by atoms with Crippen molar-refractivity contribution in [2.24, 2.45) is 5.92 Å². The van der Waals surface area contributed by atoms with E-state index in [9.17, 15) is 14.4 Å². The minimum absolute atomic E-state index is 0.0369. The van der Waals surface area contributed by atoms with Crippen molar-refractivity contribution < 1.29 is 14.4 Å². The number of nitrogens with one attached hydrogen (secondary N) is 1. The molecule has 0 radical (unpaired) electrons. The van der Waals surface area contributed by atoms with E-state index in [4.69, 9.17) is 0 Å². The van der Waals surface area contributed by atoms with Crippen LogP contribution < -0.4 is 5.32 Å². The minimum Gasteiger partial charge on any atom is -0.355 e. The Balaban J connectivity index is 1.27. The summed E-state index contributed by atoms with van der Waals surface area (Å²) in [6.45, 7) is 5.62. The highest BCUT2D eigenvalue weighted by molar-refractivity contribution is 5.80. The van der Waals surface area contributed by atoms with Gasteiger partial charge in [-0.1, -0.05) is 19.3 Å². The lowest BCUT2D eigenvalue weighted by Crippen LogP contribution is -2.52. The van der Waals surface area contributed by atoms with Crippen LogP contribution in [0.4, 0.5) is 0 Å². The van der Waals surface area contributed by atoms with Crippen molar-refractivity contribution in [3.05, 3.63) is 0 Å². The minimum atomic E-state index is 0.0369. The summed E-state index contributed by atoms with van der Waals surface area (Å²) in [5, 5.41) is 2.96. The molecule has 0 unspecified atom stereocenters. The normalized spacial score (nSPS) is 22.3. The van der Waals surface area contributed by atoms with Gasteiger partial charge in [-0.25, -0.2) is 0 Å². The number of nitrogens with zero attached hydrogens (tertiary/aromatic N) is 3. The molecule has 1 aliphatic carbocycles. The second-order valence-electron chi connectivity index (χ2n) is 8.12. The molecule has 27 heavy (non-hydrogen) atoms. The maximum Gasteiger partial charge on any atom is 0.234 e. The van der Waals surface area contributed by atoms with Crippen LogP contribution in [0.3, 0.4) is 0 Å². The molecule has 0 spiro atoms. The van der Waals surface area contributed by atoms with Crippen LogP contribution in [0.25, 0.3) is 0 Å². The summed E-state index contributed by atoms with van der Waals surface area (Å²) in [4.78, 5) is 42.3. The molecule has 2 aliphatic heterocycles. The summed E-state index contributed by atoms with van der Waals surface area (Å²) in [7, 11) is 0. The molecular weight excluding hydrogens is 344 g/mol. The molecule has 0 aromatic carbocycles. The Kier molecular flexibility index (Phi) is 7.50. The zero-order chi connectivity index (χ0) is 19.1. The molecule has 3 rings (SSSR count). The number of piperazine rings is 1. The largest absolute Gasteiger partial charge is 0.355 e. The average Bonchev–Trinajstić information content (AvgIpc) is 3.11. The van der Waals surface area contributed by atoms with Crippen LogP contribution >= 0.6 is 0 Å². The highest BCUT2D eigenvalue weighted by atomic mass is 16.2. The lowest BCUT2D eigenvalue weighted by Gasteiger charge is -2.36. The van der Waals surface area contributed by atoms with Crippen molar-refractivity contribution in [1.82, 2.24) is 20.0 Å². The van der Waals surface area contributed by atoms with Gasteiger partial charge in [0, 0.05) is 58.2 Å². The summed E-state index contributed by atoms with van der Waals surface area (Å²) < 4.78 is 0. The fourth-order valence-corrected chi connectivity index (χ4v) is 4.43. The first-order valence-electron chi connectivity index (χ1n) is 10.7. The Morgan fingerprint density at radius 2 is 1.70 bits per heavy atom. The van der Waals surface area contributed by atoms with Crippen molar-refractivity contribution >= 4 is 17.7 Å². The van der Waals surface area contributed by atoms with Crippen LogP contribution in [0, 0.1) is 5.92 Å². The SMILES string of the molecule is O=C(CN1CCN(C(=O)C2CCCCC2)CC1)NCCCN1CCCC1=O. The number of carbonyl (C=O) groups excluding carboxylic acids is 3. The van der Waals surface area contributed by atoms with Crippen LogP contribution in [0.1, 0.15) is 51.4 Å². The van der Waals surface area contributed by atoms with Gasteiger partial charge in [0.2, 0.25) is 17.7 Å². The molecule has 0 aromatic rings. The number of carbonyl (C=O) groups is 3. The average molecular weight is 379 g/mol. The smallest absolute Gasteiger partial charge is 0.234 e. The topological polar surface area (TPSA) is 73.0 Å². The molecule has 1 N–H and O–H groups in total. The second kappa shape index (κ2) is 10.1. The number of hydrogen-bond acceptors (Lipinski definition) is 4. The Bertz CT molecular complexity index is 525. The summed E-state index contributed by atoms with van der Waals surface area (Å²) in [6.07, 6.45) is 8.16. The van der Waals surface area contributed by atoms with Gasteiger partial charge in [-0.3, -0.25) is 19.3 Å². The van der Waals surface area contributed by atoms with Crippen LogP contribution in [-0.4, -0.2) is 84.8 Å². The molecule has 7 nitrogen and oxygen atoms in total. The van der Waals surface area contributed by atoms with Crippen LogP contribution in [-0.2, 0) is 14.4 Å². The maximum atomic E-state index is 12.6. The molecule has 2 saturated heterocycles. The van der Waals surface area contributed by atoms with Crippen molar-refractivity contribution in [3.8, 4) is 0 Å². The van der Waals surface area contributed by atoms with Crippen LogP contribution in [0.2, 0.25) is 0 Å². The molecule has 0 bridgehead atoms. The quantitative estimate of drug-likeness (QED) is 0.667. The molecule has 3 fully saturated rings. The van der Waals surface area contributed by atoms with E-state index in [1.165, 1.54) is 19.3 Å². The summed E-state index contributed by atoms with van der Waals surface area (Å²) >= 11 is 0. The van der Waals surface area contributed by atoms with E-state index in [-0.39, 0.29) is 17.7 Å². The van der Waals surface area contributed by atoms with Gasteiger partial charge in [0.15, 0.2) is 0 Å². The lowest BCUT2D eigenvalue weighted by molar-refractivity contribution is -0.138. The van der Waals surface area contributed by atoms with Crippen molar-refractivity contribution in [2.45, 2.75) is 51.4 Å². The van der Waals surface area contributed by atoms with Gasteiger partial charge in [0.05, 0.1) is 6.54 Å². The van der Waals surface area contributed by atoms with Crippen LogP contribution in [0.15, 0.2) is 0 Å². The Morgan fingerprint density at radius 3 is 2.37 bits per heavy atom. The van der Waals surface area contributed by atoms with E-state index >= 15 is 0 Å². The molecule has 0 aromatic heterocycles. The number of likely N-dealkylation sites (tertiary alicyclic amines) is 1. The van der Waals surface area contributed by atoms with E-state index in [1.54, 1.807) is 0 Å². The van der Waals surface area contributed by atoms with Gasteiger partial charge in [-0.2, -0.15) is 0 Å². The van der Waals surface area contributed by atoms with Gasteiger partial charge in [0.1, 0.15) is 0 Å². The van der Waals surface area contributed by atoms with Gasteiger partial charge in [-0.05, 0) is 25.7 Å². The van der Waals surface area contributed by atoms with Crippen molar-refractivity contribution in [3.63, 3.8) is 0 Å². The third-order valence-corrected chi connectivity index (χ3v) is 6.10. The van der Waals surface area contributed by atoms with Crippen molar-refractivity contribution in [2.75, 3.05) is 52.4 Å². The lowest BCUT2D eigenvalue weighted by atomic mass is 9.88. The van der Waals surface area contributed by atoms with Crippen molar-refractivity contribution in [1.29, 1.82) is 0 Å². The fourth-order valence-electron chi connectivity index (χ4n) is 4.43. The molecule has 152 valence electrons. The summed E-state index contributed by atoms with van der Waals surface area (Å²) in [5.41, 5.74) is 0. The van der Waals surface area contributed by atoms with Gasteiger partial charge >= 0.3 is 0 Å². The maximum absolute atomic E-state index is 12.6. The standard InChI is InChI=1S/C20H34N4O3/c25-18(21-9-5-11-23-10-4-8-19(23)26)16-22-12-14-24(15-13-22)20(27)17-6-2-1-3-7-17/h17H,1-16H2,(H,21,25). The fraction of sp³-hybridized carbons (Fsp3) is 0.850. The summed E-state index contributed by atoms with van der Waals surface area (Å²) in [6, 6.07) is 0. The first-order chi connectivity index (χ1) is 13.1. The monoisotopic (exact) mass is 378 g/mol. The Hall–Kier alpha value is -1.63. The van der Waals surface area contributed by atoms with Gasteiger partial charge in [0.25, 0.3) is 0 Å². The zero-order valence-electron chi connectivity index (χ0n) is 16.5. The number of hydrogen-bond donors (Lipinski definition) is 1. The molecule has 3 aliphatic rings. The van der Waals surface area contributed by atoms with E-state index in [0.29, 0.717) is 25.4 Å². The molecule has 0 atom stereocenters. The Labute approximate surface area is 162 Å². The first-order valence-corrected chi connectivity index (χ1v) is 10.7. The predicted octanol–water partition coefficient (Wildman–Crippen LogP) is 0.840. The van der Waals surface area contributed by atoms with Gasteiger partial charge in [-0.15, -0.1) is 0 Å². The summed E-state index contributed by atoms with van der Waals surface area (Å²) in [5.74, 6) is 0.836. The van der Waals surface area contributed by atoms with E-state index < -0.39 is 0 Å².